The lowest BCUT2D eigenvalue weighted by Gasteiger charge is -2.08. The molecule has 1 rings (SSSR count). The molecule has 0 aliphatic rings. The van der Waals surface area contributed by atoms with Gasteiger partial charge in [-0.1, -0.05) is 0 Å². The quantitative estimate of drug-likeness (QED) is 0.413. The van der Waals surface area contributed by atoms with Crippen LogP contribution in [0.5, 0.6) is 0 Å². The van der Waals surface area contributed by atoms with Crippen LogP contribution in [-0.4, -0.2) is 48.8 Å². The second-order valence-corrected chi connectivity index (χ2v) is 6.01. The summed E-state index contributed by atoms with van der Waals surface area (Å²) in [5.74, 6) is -0.374. The van der Waals surface area contributed by atoms with Gasteiger partial charge in [-0.25, -0.2) is 13.1 Å². The molecular weight excluding hydrogens is 320 g/mol. The van der Waals surface area contributed by atoms with Crippen molar-refractivity contribution in [3.8, 4) is 0 Å². The Balaban J connectivity index is 2.78. The lowest BCUT2D eigenvalue weighted by atomic mass is 10.2. The zero-order chi connectivity index (χ0) is 16.8. The molecule has 0 saturated heterocycles. The summed E-state index contributed by atoms with van der Waals surface area (Å²) in [6.07, 6.45) is 0. The van der Waals surface area contributed by atoms with E-state index in [2.05, 4.69) is 10.0 Å². The number of sulfonamides is 1. The molecule has 3 N–H and O–H groups in total. The van der Waals surface area contributed by atoms with Gasteiger partial charge in [0.05, 0.1) is 28.3 Å². The third-order valence-electron chi connectivity index (χ3n) is 2.51. The van der Waals surface area contributed by atoms with Crippen molar-refractivity contribution in [2.24, 2.45) is 0 Å². The van der Waals surface area contributed by atoms with E-state index in [9.17, 15) is 28.6 Å². The first kappa shape index (κ1) is 17.7. The van der Waals surface area contributed by atoms with Gasteiger partial charge in [0, 0.05) is 19.2 Å². The molecule has 0 aromatic heterocycles. The molecule has 0 aliphatic carbocycles. The van der Waals surface area contributed by atoms with Crippen LogP contribution in [0.3, 0.4) is 0 Å². The summed E-state index contributed by atoms with van der Waals surface area (Å²) < 4.78 is 25.0. The highest BCUT2D eigenvalue weighted by Gasteiger charge is 2.19. The maximum atomic E-state index is 11.5. The maximum Gasteiger partial charge on any atom is 0.299 e. The van der Waals surface area contributed by atoms with Crippen molar-refractivity contribution in [1.82, 2.24) is 4.72 Å². The highest BCUT2D eigenvalue weighted by atomic mass is 32.2. The van der Waals surface area contributed by atoms with Crippen molar-refractivity contribution in [2.45, 2.75) is 0 Å². The van der Waals surface area contributed by atoms with Crippen molar-refractivity contribution in [1.29, 1.82) is 0 Å². The van der Waals surface area contributed by atoms with Gasteiger partial charge in [-0.2, -0.15) is 0 Å². The van der Waals surface area contributed by atoms with E-state index in [1.54, 1.807) is 0 Å². The number of hydrogen-bond donors (Lipinski definition) is 3. The molecule has 11 nitrogen and oxygen atoms in total. The van der Waals surface area contributed by atoms with Gasteiger partial charge in [-0.3, -0.25) is 20.2 Å². The van der Waals surface area contributed by atoms with Crippen molar-refractivity contribution in [2.75, 3.05) is 30.8 Å². The van der Waals surface area contributed by atoms with Crippen molar-refractivity contribution < 1.29 is 23.4 Å². The molecule has 0 fully saturated rings. The second-order valence-electron chi connectivity index (χ2n) is 4.08. The minimum absolute atomic E-state index is 0.0204. The van der Waals surface area contributed by atoms with Crippen LogP contribution in [0, 0.1) is 20.2 Å². The number of non-ortho nitro benzene ring substituents is 1. The number of nitrogens with one attached hydrogen (secondary N) is 2. The summed E-state index contributed by atoms with van der Waals surface area (Å²) in [5, 5.41) is 32.5. The Hall–Kier alpha value is -2.31. The Kier molecular flexibility index (Phi) is 6.15. The first-order chi connectivity index (χ1) is 10.3. The average Bonchev–Trinajstić information content (AvgIpc) is 2.44. The molecule has 0 amide bonds. The minimum atomic E-state index is -3.62. The third kappa shape index (κ3) is 5.23. The fraction of sp³-hybridized carbons (Fsp3) is 0.400. The van der Waals surface area contributed by atoms with Gasteiger partial charge in [-0.05, 0) is 6.07 Å². The van der Waals surface area contributed by atoms with Crippen LogP contribution in [0.25, 0.3) is 0 Å². The monoisotopic (exact) mass is 334 g/mol. The molecule has 0 unspecified atom stereocenters. The first-order valence-corrected chi connectivity index (χ1v) is 7.67. The van der Waals surface area contributed by atoms with Crippen LogP contribution < -0.4 is 10.0 Å². The van der Waals surface area contributed by atoms with E-state index in [0.717, 1.165) is 18.2 Å². The van der Waals surface area contributed by atoms with Crippen molar-refractivity contribution in [3.63, 3.8) is 0 Å². The Morgan fingerprint density at radius 1 is 1.14 bits per heavy atom. The standard InChI is InChI=1S/C10H14N4O7S/c15-5-3-12-22(20,21)6-4-11-9-2-1-8(13(16)17)7-10(9)14(18)19/h1-2,7,11-12,15H,3-6H2. The van der Waals surface area contributed by atoms with Gasteiger partial charge in [0.2, 0.25) is 10.0 Å². The van der Waals surface area contributed by atoms with E-state index in [-0.39, 0.29) is 31.1 Å². The van der Waals surface area contributed by atoms with E-state index < -0.39 is 31.2 Å². The summed E-state index contributed by atoms with van der Waals surface area (Å²) in [6.45, 7) is -0.611. The summed E-state index contributed by atoms with van der Waals surface area (Å²) in [7, 11) is -3.62. The maximum absolute atomic E-state index is 11.5. The van der Waals surface area contributed by atoms with Crippen LogP contribution >= 0.6 is 0 Å². The first-order valence-electron chi connectivity index (χ1n) is 6.02. The van der Waals surface area contributed by atoms with Crippen LogP contribution in [0.15, 0.2) is 18.2 Å². The van der Waals surface area contributed by atoms with Gasteiger partial charge >= 0.3 is 0 Å². The fourth-order valence-corrected chi connectivity index (χ4v) is 2.44. The molecule has 0 heterocycles. The number of nitro benzene ring substituents is 2. The summed E-state index contributed by atoms with van der Waals surface area (Å²) in [5.41, 5.74) is -0.975. The largest absolute Gasteiger partial charge is 0.395 e. The highest BCUT2D eigenvalue weighted by Crippen LogP contribution is 2.28. The predicted molar refractivity (Wildman–Crippen MR) is 77.1 cm³/mol. The second kappa shape index (κ2) is 7.63. The summed E-state index contributed by atoms with van der Waals surface area (Å²) >= 11 is 0. The molecule has 0 atom stereocenters. The number of nitro groups is 2. The smallest absolute Gasteiger partial charge is 0.299 e. The van der Waals surface area contributed by atoms with Crippen LogP contribution in [0.2, 0.25) is 0 Å². The summed E-state index contributed by atoms with van der Waals surface area (Å²) in [6, 6.07) is 3.01. The number of nitrogens with zero attached hydrogens (tertiary/aromatic N) is 2. The van der Waals surface area contributed by atoms with Gasteiger partial charge in [0.25, 0.3) is 11.4 Å². The topological polar surface area (TPSA) is 165 Å². The number of benzene rings is 1. The lowest BCUT2D eigenvalue weighted by molar-refractivity contribution is -0.393. The number of rotatable bonds is 9. The molecule has 1 aromatic rings. The Bertz CT molecular complexity index is 661. The highest BCUT2D eigenvalue weighted by molar-refractivity contribution is 7.89. The molecular formula is C10H14N4O7S. The molecule has 22 heavy (non-hydrogen) atoms. The lowest BCUT2D eigenvalue weighted by Crippen LogP contribution is -2.31. The SMILES string of the molecule is O=[N+]([O-])c1ccc(NCCS(=O)(=O)NCCO)c([N+](=O)[O-])c1. The van der Waals surface area contributed by atoms with E-state index in [1.165, 1.54) is 0 Å². The molecule has 122 valence electrons. The van der Waals surface area contributed by atoms with Crippen LogP contribution in [0.1, 0.15) is 0 Å². The normalized spacial score (nSPS) is 11.1. The minimum Gasteiger partial charge on any atom is -0.395 e. The summed E-state index contributed by atoms with van der Waals surface area (Å²) in [4.78, 5) is 19.9. The molecule has 1 aromatic carbocycles. The van der Waals surface area contributed by atoms with E-state index in [0.29, 0.717) is 0 Å². The fourth-order valence-electron chi connectivity index (χ4n) is 1.53. The Labute approximate surface area is 125 Å². The van der Waals surface area contributed by atoms with E-state index in [1.807, 2.05) is 0 Å². The number of anilines is 1. The van der Waals surface area contributed by atoms with Crippen molar-refractivity contribution in [3.05, 3.63) is 38.4 Å². The van der Waals surface area contributed by atoms with Crippen LogP contribution in [-0.2, 0) is 10.0 Å². The van der Waals surface area contributed by atoms with Gasteiger partial charge < -0.3 is 10.4 Å². The zero-order valence-electron chi connectivity index (χ0n) is 11.3. The number of aliphatic hydroxyl groups excluding tert-OH is 1. The van der Waals surface area contributed by atoms with E-state index >= 15 is 0 Å². The van der Waals surface area contributed by atoms with Gasteiger partial charge in [0.15, 0.2) is 0 Å². The molecule has 0 bridgehead atoms. The number of hydrogen-bond acceptors (Lipinski definition) is 8. The van der Waals surface area contributed by atoms with Gasteiger partial charge in [0.1, 0.15) is 5.69 Å². The van der Waals surface area contributed by atoms with Crippen molar-refractivity contribution >= 4 is 27.1 Å². The van der Waals surface area contributed by atoms with Crippen LogP contribution in [0.4, 0.5) is 17.1 Å². The van der Waals surface area contributed by atoms with E-state index in [4.69, 9.17) is 5.11 Å². The zero-order valence-corrected chi connectivity index (χ0v) is 12.1. The predicted octanol–water partition coefficient (Wildman–Crippen LogP) is -0.173. The molecule has 12 heteroatoms. The third-order valence-corrected chi connectivity index (χ3v) is 3.89. The van der Waals surface area contributed by atoms with Gasteiger partial charge in [-0.15, -0.1) is 0 Å². The molecule has 0 spiro atoms. The number of aliphatic hydroxyl groups is 1. The molecule has 0 saturated carbocycles. The average molecular weight is 334 g/mol. The Morgan fingerprint density at radius 2 is 1.82 bits per heavy atom. The molecule has 0 aliphatic heterocycles. The Morgan fingerprint density at radius 3 is 2.36 bits per heavy atom. The molecule has 0 radical (unpaired) electrons.